The van der Waals surface area contributed by atoms with E-state index in [9.17, 15) is 9.18 Å². The smallest absolute Gasteiger partial charge is 0.370 e. The normalized spacial score (nSPS) is 10.9. The van der Waals surface area contributed by atoms with E-state index in [0.717, 1.165) is 21.2 Å². The van der Waals surface area contributed by atoms with Gasteiger partial charge in [-0.2, -0.15) is 4.68 Å². The Morgan fingerprint density at radius 2 is 2.09 bits per heavy atom. The lowest BCUT2D eigenvalue weighted by Gasteiger charge is -2.08. The largest absolute Gasteiger partial charge is 0.488 e. The van der Waals surface area contributed by atoms with E-state index in [1.165, 1.54) is 7.05 Å². The second-order valence-corrected chi connectivity index (χ2v) is 4.72. The molecule has 0 aliphatic heterocycles. The van der Waals surface area contributed by atoms with Crippen LogP contribution in [-0.4, -0.2) is 19.8 Å². The number of hydrogen-bond acceptors (Lipinski definition) is 5. The van der Waals surface area contributed by atoms with Crippen molar-refractivity contribution in [3.63, 3.8) is 0 Å². The Balaban J connectivity index is 1.92. The van der Waals surface area contributed by atoms with Gasteiger partial charge in [0.2, 0.25) is 5.88 Å². The molecule has 0 aliphatic rings. The number of benzene rings is 1. The van der Waals surface area contributed by atoms with Crippen LogP contribution in [0.15, 0.2) is 39.7 Å². The first-order valence-corrected chi connectivity index (χ1v) is 6.51. The van der Waals surface area contributed by atoms with Gasteiger partial charge in [0.1, 0.15) is 18.6 Å². The number of nitrogens with zero attached hydrogens (tertiary/aromatic N) is 4. The van der Waals surface area contributed by atoms with Crippen LogP contribution in [0.4, 0.5) is 4.39 Å². The molecule has 0 amide bonds. The first kappa shape index (κ1) is 14.1. The van der Waals surface area contributed by atoms with Crippen LogP contribution in [-0.2, 0) is 13.7 Å². The predicted octanol–water partition coefficient (Wildman–Crippen LogP) is 1.59. The summed E-state index contributed by atoms with van der Waals surface area (Å²) >= 11 is 0. The van der Waals surface area contributed by atoms with E-state index in [4.69, 9.17) is 9.15 Å². The number of furan rings is 1. The Labute approximate surface area is 124 Å². The van der Waals surface area contributed by atoms with Crippen molar-refractivity contribution in [1.82, 2.24) is 19.8 Å². The zero-order valence-electron chi connectivity index (χ0n) is 12.0. The second-order valence-electron chi connectivity index (χ2n) is 4.72. The van der Waals surface area contributed by atoms with Gasteiger partial charge >= 0.3 is 5.69 Å². The highest BCUT2D eigenvalue weighted by Gasteiger charge is 2.20. The van der Waals surface area contributed by atoms with Gasteiger partial charge in [-0.15, -0.1) is 4.68 Å². The van der Waals surface area contributed by atoms with Crippen molar-refractivity contribution < 1.29 is 13.5 Å². The van der Waals surface area contributed by atoms with Gasteiger partial charge in [-0.05, 0) is 29.0 Å². The summed E-state index contributed by atoms with van der Waals surface area (Å²) in [5.74, 6) is -0.0223. The summed E-state index contributed by atoms with van der Waals surface area (Å²) in [6.07, 6.45) is 0.910. The minimum absolute atomic E-state index is 0.0378. The van der Waals surface area contributed by atoms with Crippen molar-refractivity contribution in [2.24, 2.45) is 7.05 Å². The number of aromatic nitrogens is 4. The fourth-order valence-electron chi connectivity index (χ4n) is 1.97. The van der Waals surface area contributed by atoms with E-state index < -0.39 is 11.5 Å². The van der Waals surface area contributed by atoms with E-state index >= 15 is 0 Å². The number of para-hydroxylation sites is 1. The fourth-order valence-corrected chi connectivity index (χ4v) is 1.97. The summed E-state index contributed by atoms with van der Waals surface area (Å²) in [5, 5.41) is 7.20. The summed E-state index contributed by atoms with van der Waals surface area (Å²) < 4.78 is 26.5. The highest BCUT2D eigenvalue weighted by atomic mass is 19.1. The molecule has 8 heteroatoms. The average Bonchev–Trinajstić information content (AvgIpc) is 3.02. The molecular weight excluding hydrogens is 291 g/mol. The Morgan fingerprint density at radius 1 is 1.32 bits per heavy atom. The van der Waals surface area contributed by atoms with E-state index in [1.54, 1.807) is 6.07 Å². The molecule has 0 atom stereocenters. The molecule has 22 heavy (non-hydrogen) atoms. The Bertz CT molecular complexity index is 865. The number of aryl methyl sites for hydroxylation is 2. The van der Waals surface area contributed by atoms with Gasteiger partial charge < -0.3 is 9.15 Å². The Hall–Kier alpha value is -2.90. The number of halogens is 1. The molecule has 2 heterocycles. The maximum Gasteiger partial charge on any atom is 0.370 e. The molecule has 0 bridgehead atoms. The summed E-state index contributed by atoms with van der Waals surface area (Å²) in [7, 11) is 1.44. The third kappa shape index (κ3) is 2.39. The van der Waals surface area contributed by atoms with Gasteiger partial charge in [0, 0.05) is 7.05 Å². The Kier molecular flexibility index (Phi) is 3.50. The van der Waals surface area contributed by atoms with Crippen LogP contribution >= 0.6 is 0 Å². The maximum atomic E-state index is 13.9. The molecule has 0 fully saturated rings. The topological polar surface area (TPSA) is 75.1 Å². The Morgan fingerprint density at radius 3 is 2.77 bits per heavy atom. The van der Waals surface area contributed by atoms with E-state index in [2.05, 4.69) is 10.4 Å². The lowest BCUT2D eigenvalue weighted by atomic mass is 10.2. The third-order valence-corrected chi connectivity index (χ3v) is 3.20. The molecule has 114 valence electrons. The lowest BCUT2D eigenvalue weighted by molar-refractivity contribution is 0.296. The van der Waals surface area contributed by atoms with Crippen molar-refractivity contribution in [2.45, 2.75) is 13.5 Å². The lowest BCUT2D eigenvalue weighted by Crippen LogP contribution is -2.22. The van der Waals surface area contributed by atoms with Gasteiger partial charge in [0.15, 0.2) is 5.82 Å². The number of ether oxygens (including phenoxy) is 1. The monoisotopic (exact) mass is 304 g/mol. The molecule has 0 radical (unpaired) electrons. The van der Waals surface area contributed by atoms with Gasteiger partial charge in [-0.25, -0.2) is 9.18 Å². The second kappa shape index (κ2) is 5.47. The van der Waals surface area contributed by atoms with Crippen molar-refractivity contribution in [3.8, 4) is 11.6 Å². The molecule has 0 aliphatic carbocycles. The molecule has 0 unspecified atom stereocenters. The van der Waals surface area contributed by atoms with Crippen LogP contribution < -0.4 is 10.4 Å². The molecule has 0 spiro atoms. The number of tetrazole rings is 1. The van der Waals surface area contributed by atoms with Crippen LogP contribution in [0, 0.1) is 12.7 Å². The summed E-state index contributed by atoms with van der Waals surface area (Å²) in [5.41, 5.74) is 0.488. The molecule has 7 nitrogen and oxygen atoms in total. The third-order valence-electron chi connectivity index (χ3n) is 3.20. The van der Waals surface area contributed by atoms with Crippen LogP contribution in [0.1, 0.15) is 11.1 Å². The first-order chi connectivity index (χ1) is 10.6. The standard InChI is InChI=1S/C14H13FN4O3/c1-9-5-3-4-6-12(9)21-7-10-11(15)8-22-13(10)19-14(20)18(2)16-17-19/h3-6,8H,7H2,1-2H3. The fraction of sp³-hybridized carbons (Fsp3) is 0.214. The van der Waals surface area contributed by atoms with Crippen LogP contribution in [0.25, 0.3) is 5.88 Å². The van der Waals surface area contributed by atoms with Crippen LogP contribution in [0.3, 0.4) is 0 Å². The van der Waals surface area contributed by atoms with Crippen LogP contribution in [0.5, 0.6) is 5.75 Å². The van der Waals surface area contributed by atoms with Crippen LogP contribution in [0.2, 0.25) is 0 Å². The molecule has 1 aromatic carbocycles. The van der Waals surface area contributed by atoms with Gasteiger partial charge in [-0.1, -0.05) is 18.2 Å². The van der Waals surface area contributed by atoms with Gasteiger partial charge in [0.05, 0.1) is 5.56 Å². The van der Waals surface area contributed by atoms with Crippen molar-refractivity contribution in [2.75, 3.05) is 0 Å². The number of rotatable bonds is 4. The zero-order valence-corrected chi connectivity index (χ0v) is 12.0. The van der Waals surface area contributed by atoms with Crippen molar-refractivity contribution in [3.05, 3.63) is 58.0 Å². The van der Waals surface area contributed by atoms with Crippen molar-refractivity contribution in [1.29, 1.82) is 0 Å². The summed E-state index contributed by atoms with van der Waals surface area (Å²) in [4.78, 5) is 11.8. The molecule has 3 aromatic rings. The van der Waals surface area contributed by atoms with E-state index in [-0.39, 0.29) is 18.1 Å². The highest BCUT2D eigenvalue weighted by molar-refractivity contribution is 5.34. The average molecular weight is 304 g/mol. The van der Waals surface area contributed by atoms with Gasteiger partial charge in [-0.3, -0.25) is 0 Å². The molecule has 0 N–H and O–H groups in total. The van der Waals surface area contributed by atoms with Crippen molar-refractivity contribution >= 4 is 0 Å². The molecule has 0 saturated carbocycles. The van der Waals surface area contributed by atoms with Gasteiger partial charge in [0.25, 0.3) is 0 Å². The minimum atomic E-state index is -0.610. The highest BCUT2D eigenvalue weighted by Crippen LogP contribution is 2.22. The molecule has 3 rings (SSSR count). The summed E-state index contributed by atoms with van der Waals surface area (Å²) in [6.45, 7) is 1.79. The number of hydrogen-bond donors (Lipinski definition) is 0. The van der Waals surface area contributed by atoms with E-state index in [0.29, 0.717) is 5.75 Å². The summed E-state index contributed by atoms with van der Waals surface area (Å²) in [6, 6.07) is 7.37. The quantitative estimate of drug-likeness (QED) is 0.731. The molecular formula is C14H13FN4O3. The zero-order chi connectivity index (χ0) is 15.7. The molecule has 2 aromatic heterocycles. The molecule has 0 saturated heterocycles. The first-order valence-electron chi connectivity index (χ1n) is 6.51. The predicted molar refractivity (Wildman–Crippen MR) is 74.3 cm³/mol. The SMILES string of the molecule is Cc1ccccc1OCc1c(F)coc1-n1nnn(C)c1=O. The minimum Gasteiger partial charge on any atom is -0.488 e. The van der Waals surface area contributed by atoms with E-state index in [1.807, 2.05) is 25.1 Å². The maximum absolute atomic E-state index is 13.9.